The molecule has 0 bridgehead atoms. The average Bonchev–Trinajstić information content (AvgIpc) is 2.67. The third-order valence-electron chi connectivity index (χ3n) is 4.52. The van der Waals surface area contributed by atoms with E-state index in [1.165, 1.54) is 0 Å². The number of methoxy groups -OCH3 is 1. The molecular weight excluding hydrogens is 314 g/mol. The van der Waals surface area contributed by atoms with Crippen LogP contribution in [0.3, 0.4) is 0 Å². The third kappa shape index (κ3) is 2.39. The largest absolute Gasteiger partial charge is 0.497 e. The van der Waals surface area contributed by atoms with Crippen LogP contribution in [0.25, 0.3) is 10.9 Å². The van der Waals surface area contributed by atoms with Gasteiger partial charge < -0.3 is 9.47 Å². The highest BCUT2D eigenvalue weighted by atomic mass is 16.5. The molecule has 1 aliphatic rings. The van der Waals surface area contributed by atoms with Crippen molar-refractivity contribution in [2.24, 2.45) is 5.92 Å². The van der Waals surface area contributed by atoms with Crippen LogP contribution in [0.4, 0.5) is 0 Å². The minimum absolute atomic E-state index is 0.0424. The molecule has 2 atom stereocenters. The van der Waals surface area contributed by atoms with E-state index in [1.807, 2.05) is 48.5 Å². The van der Waals surface area contributed by atoms with Gasteiger partial charge in [-0.05, 0) is 35.9 Å². The summed E-state index contributed by atoms with van der Waals surface area (Å²) in [7, 11) is 1.61. The van der Waals surface area contributed by atoms with Crippen LogP contribution in [0.15, 0.2) is 54.7 Å². The minimum atomic E-state index is -0.686. The first-order chi connectivity index (χ1) is 12.2. The number of nitriles is 1. The minimum Gasteiger partial charge on any atom is -0.497 e. The lowest BCUT2D eigenvalue weighted by molar-refractivity contribution is 0.412. The van der Waals surface area contributed by atoms with Crippen molar-refractivity contribution >= 4 is 16.8 Å². The van der Waals surface area contributed by atoms with Gasteiger partial charge in [-0.25, -0.2) is 0 Å². The van der Waals surface area contributed by atoms with Crippen LogP contribution >= 0.6 is 0 Å². The molecule has 1 aromatic heterocycles. The Morgan fingerprint density at radius 2 is 2.08 bits per heavy atom. The van der Waals surface area contributed by atoms with Gasteiger partial charge in [-0.2, -0.15) is 5.26 Å². The van der Waals surface area contributed by atoms with Gasteiger partial charge in [-0.15, -0.1) is 0 Å². The molecule has 5 heteroatoms. The second-order valence-electron chi connectivity index (χ2n) is 5.88. The number of ether oxygens (including phenoxy) is 2. The van der Waals surface area contributed by atoms with E-state index in [-0.39, 0.29) is 11.8 Å². The first-order valence-electron chi connectivity index (χ1n) is 7.90. The summed E-state index contributed by atoms with van der Waals surface area (Å²) in [6.07, 6.45) is 1.72. The number of pyridine rings is 1. The second-order valence-corrected chi connectivity index (χ2v) is 5.88. The number of hydrogen-bond acceptors (Lipinski definition) is 5. The molecule has 0 spiro atoms. The standard InChI is InChI=1S/C20H15N3O2/c1-24-13-5-2-4-12(10-13)18-15-7-8-17-14(6-3-9-23-17)19(15)25-20(22)16(18)11-21/h2-10,16,18,22H,1H3. The number of aromatic nitrogens is 1. The molecule has 3 aromatic rings. The lowest BCUT2D eigenvalue weighted by Gasteiger charge is -2.31. The Morgan fingerprint density at radius 1 is 1.20 bits per heavy atom. The molecule has 2 unspecified atom stereocenters. The van der Waals surface area contributed by atoms with E-state index in [2.05, 4.69) is 11.1 Å². The summed E-state index contributed by atoms with van der Waals surface area (Å²) in [4.78, 5) is 4.34. The average molecular weight is 329 g/mol. The van der Waals surface area contributed by atoms with Gasteiger partial charge in [0.2, 0.25) is 5.90 Å². The summed E-state index contributed by atoms with van der Waals surface area (Å²) in [5, 5.41) is 18.7. The Labute approximate surface area is 145 Å². The molecule has 122 valence electrons. The number of rotatable bonds is 2. The molecule has 0 saturated heterocycles. The molecule has 0 aliphatic carbocycles. The van der Waals surface area contributed by atoms with Gasteiger partial charge in [0.05, 0.1) is 18.7 Å². The van der Waals surface area contributed by atoms with Crippen LogP contribution in [-0.2, 0) is 0 Å². The Balaban J connectivity index is 1.98. The van der Waals surface area contributed by atoms with Crippen molar-refractivity contribution in [3.05, 3.63) is 65.9 Å². The maximum absolute atomic E-state index is 9.64. The molecule has 0 fully saturated rings. The fourth-order valence-electron chi connectivity index (χ4n) is 3.35. The molecule has 25 heavy (non-hydrogen) atoms. The molecule has 2 heterocycles. The molecule has 4 rings (SSSR count). The topological polar surface area (TPSA) is 79.0 Å². The van der Waals surface area contributed by atoms with Gasteiger partial charge in [-0.3, -0.25) is 10.4 Å². The monoisotopic (exact) mass is 329 g/mol. The normalized spacial score (nSPS) is 19.0. The zero-order chi connectivity index (χ0) is 17.4. The quantitative estimate of drug-likeness (QED) is 0.773. The van der Waals surface area contributed by atoms with E-state index in [0.29, 0.717) is 5.75 Å². The highest BCUT2D eigenvalue weighted by molar-refractivity contribution is 5.94. The first-order valence-corrected chi connectivity index (χ1v) is 7.90. The molecule has 0 saturated carbocycles. The predicted molar refractivity (Wildman–Crippen MR) is 94.0 cm³/mol. The van der Waals surface area contributed by atoms with Crippen LogP contribution in [-0.4, -0.2) is 18.0 Å². The van der Waals surface area contributed by atoms with Gasteiger partial charge in [0.25, 0.3) is 0 Å². The van der Waals surface area contributed by atoms with Crippen molar-refractivity contribution in [1.82, 2.24) is 4.98 Å². The highest BCUT2D eigenvalue weighted by Gasteiger charge is 2.37. The van der Waals surface area contributed by atoms with E-state index < -0.39 is 5.92 Å². The first kappa shape index (κ1) is 15.2. The Morgan fingerprint density at radius 3 is 2.88 bits per heavy atom. The van der Waals surface area contributed by atoms with Gasteiger partial charge in [-0.1, -0.05) is 18.2 Å². The van der Waals surface area contributed by atoms with Crippen molar-refractivity contribution in [1.29, 1.82) is 10.7 Å². The van der Waals surface area contributed by atoms with E-state index >= 15 is 0 Å². The fourth-order valence-corrected chi connectivity index (χ4v) is 3.35. The van der Waals surface area contributed by atoms with E-state index in [1.54, 1.807) is 13.3 Å². The van der Waals surface area contributed by atoms with Crippen LogP contribution in [0.1, 0.15) is 17.0 Å². The zero-order valence-corrected chi connectivity index (χ0v) is 13.6. The van der Waals surface area contributed by atoms with E-state index in [9.17, 15) is 5.26 Å². The van der Waals surface area contributed by atoms with Crippen LogP contribution < -0.4 is 9.47 Å². The maximum atomic E-state index is 9.64. The van der Waals surface area contributed by atoms with Crippen LogP contribution in [0.5, 0.6) is 11.5 Å². The predicted octanol–water partition coefficient (Wildman–Crippen LogP) is 3.88. The number of benzene rings is 2. The molecule has 0 radical (unpaired) electrons. The van der Waals surface area contributed by atoms with Crippen molar-refractivity contribution in [2.45, 2.75) is 5.92 Å². The highest BCUT2D eigenvalue weighted by Crippen LogP contribution is 2.45. The Bertz CT molecular complexity index is 1020. The summed E-state index contributed by atoms with van der Waals surface area (Å²) < 4.78 is 11.1. The number of nitrogens with one attached hydrogen (secondary N) is 1. The van der Waals surface area contributed by atoms with E-state index in [0.717, 1.165) is 27.8 Å². The number of fused-ring (bicyclic) bond motifs is 3. The van der Waals surface area contributed by atoms with Crippen molar-refractivity contribution in [3.8, 4) is 17.6 Å². The number of hydrogen-bond donors (Lipinski definition) is 1. The SMILES string of the molecule is COc1cccc(C2c3ccc4ncccc4c3OC(=N)C2C#N)c1. The molecule has 1 aliphatic heterocycles. The van der Waals surface area contributed by atoms with Gasteiger partial charge >= 0.3 is 0 Å². The summed E-state index contributed by atoms with van der Waals surface area (Å²) >= 11 is 0. The lowest BCUT2D eigenvalue weighted by Crippen LogP contribution is -2.31. The van der Waals surface area contributed by atoms with Gasteiger partial charge in [0, 0.05) is 23.1 Å². The maximum Gasteiger partial charge on any atom is 0.205 e. The summed E-state index contributed by atoms with van der Waals surface area (Å²) in [6, 6.07) is 17.5. The smallest absolute Gasteiger partial charge is 0.205 e. The molecule has 5 nitrogen and oxygen atoms in total. The molecular formula is C20H15N3O2. The van der Waals surface area contributed by atoms with Crippen molar-refractivity contribution in [3.63, 3.8) is 0 Å². The van der Waals surface area contributed by atoms with Gasteiger partial charge in [0.15, 0.2) is 0 Å². The summed E-state index contributed by atoms with van der Waals surface area (Å²) in [5.41, 5.74) is 2.61. The summed E-state index contributed by atoms with van der Waals surface area (Å²) in [5.74, 6) is 0.306. The summed E-state index contributed by atoms with van der Waals surface area (Å²) in [6.45, 7) is 0. The third-order valence-corrected chi connectivity index (χ3v) is 4.52. The van der Waals surface area contributed by atoms with Crippen molar-refractivity contribution < 1.29 is 9.47 Å². The van der Waals surface area contributed by atoms with E-state index in [4.69, 9.17) is 14.9 Å². The fraction of sp³-hybridized carbons (Fsp3) is 0.150. The van der Waals surface area contributed by atoms with Crippen LogP contribution in [0, 0.1) is 22.7 Å². The lowest BCUT2D eigenvalue weighted by atomic mass is 9.78. The van der Waals surface area contributed by atoms with Gasteiger partial charge in [0.1, 0.15) is 17.4 Å². The van der Waals surface area contributed by atoms with Crippen molar-refractivity contribution in [2.75, 3.05) is 7.11 Å². The Kier molecular flexibility index (Phi) is 3.58. The molecule has 0 amide bonds. The molecule has 1 N–H and O–H groups in total. The Hall–Kier alpha value is -3.39. The van der Waals surface area contributed by atoms with Crippen LogP contribution in [0.2, 0.25) is 0 Å². The zero-order valence-electron chi connectivity index (χ0n) is 13.6. The number of nitrogens with zero attached hydrogens (tertiary/aromatic N) is 2. The second kappa shape index (κ2) is 5.91. The molecule has 2 aromatic carbocycles.